The molecule has 5 nitrogen and oxygen atoms in total. The Morgan fingerprint density at radius 1 is 1.30 bits per heavy atom. The van der Waals surface area contributed by atoms with Crippen molar-refractivity contribution in [2.75, 3.05) is 11.8 Å². The molecule has 1 atom stereocenters. The Kier molecular flexibility index (Phi) is 4.57. The van der Waals surface area contributed by atoms with E-state index in [2.05, 4.69) is 9.71 Å². The summed E-state index contributed by atoms with van der Waals surface area (Å²) in [5.74, 6) is 0.801. The number of anilines is 1. The Bertz CT molecular complexity index is 789. The molecule has 0 radical (unpaired) electrons. The van der Waals surface area contributed by atoms with E-state index in [0.717, 1.165) is 18.4 Å². The van der Waals surface area contributed by atoms with Crippen LogP contribution in [0.2, 0.25) is 5.02 Å². The molecule has 0 spiro atoms. The number of sulfonamides is 1. The molecule has 0 amide bonds. The van der Waals surface area contributed by atoms with Crippen molar-refractivity contribution in [1.29, 1.82) is 0 Å². The fraction of sp³-hybridized carbons (Fsp3) is 0.312. The quantitative estimate of drug-likeness (QED) is 0.861. The fourth-order valence-electron chi connectivity index (χ4n) is 2.46. The van der Waals surface area contributed by atoms with E-state index in [4.69, 9.17) is 16.3 Å². The molecule has 1 heterocycles. The molecule has 1 aromatic heterocycles. The second-order valence-electron chi connectivity index (χ2n) is 5.53. The summed E-state index contributed by atoms with van der Waals surface area (Å²) in [6.45, 7) is 0. The molecule has 122 valence electrons. The molecule has 0 bridgehead atoms. The predicted molar refractivity (Wildman–Crippen MR) is 89.0 cm³/mol. The van der Waals surface area contributed by atoms with Gasteiger partial charge in [-0.2, -0.15) is 0 Å². The molecule has 1 aliphatic rings. The molecule has 1 aromatic carbocycles. The number of methoxy groups -OCH3 is 1. The number of hydrogen-bond acceptors (Lipinski definition) is 4. The Balaban J connectivity index is 1.77. The van der Waals surface area contributed by atoms with Gasteiger partial charge >= 0.3 is 0 Å². The van der Waals surface area contributed by atoms with Crippen LogP contribution >= 0.6 is 11.6 Å². The Labute approximate surface area is 140 Å². The molecule has 2 aromatic rings. The van der Waals surface area contributed by atoms with Gasteiger partial charge in [0, 0.05) is 18.3 Å². The molecule has 0 saturated heterocycles. The van der Waals surface area contributed by atoms with Crippen molar-refractivity contribution in [3.8, 4) is 0 Å². The van der Waals surface area contributed by atoms with Gasteiger partial charge in [-0.05, 0) is 48.6 Å². The summed E-state index contributed by atoms with van der Waals surface area (Å²) >= 11 is 5.84. The SMILES string of the molecule is COC(c1ccc(NS(=O)(=O)c2cccc(Cl)c2)nc1)C1CC1. The van der Waals surface area contributed by atoms with Crippen LogP contribution in [-0.2, 0) is 14.8 Å². The van der Waals surface area contributed by atoms with Crippen LogP contribution < -0.4 is 4.72 Å². The highest BCUT2D eigenvalue weighted by atomic mass is 35.5. The number of rotatable bonds is 6. The molecule has 1 saturated carbocycles. The zero-order valence-electron chi connectivity index (χ0n) is 12.6. The van der Waals surface area contributed by atoms with Gasteiger partial charge in [-0.1, -0.05) is 23.7 Å². The Hall–Kier alpha value is -1.63. The van der Waals surface area contributed by atoms with Gasteiger partial charge in [0.2, 0.25) is 0 Å². The lowest BCUT2D eigenvalue weighted by Gasteiger charge is -2.15. The molecule has 1 unspecified atom stereocenters. The number of pyridine rings is 1. The number of nitrogens with zero attached hydrogens (tertiary/aromatic N) is 1. The zero-order chi connectivity index (χ0) is 16.4. The third-order valence-corrected chi connectivity index (χ3v) is 5.35. The van der Waals surface area contributed by atoms with Crippen LogP contribution in [0.15, 0.2) is 47.5 Å². The number of halogens is 1. The van der Waals surface area contributed by atoms with Gasteiger partial charge in [-0.25, -0.2) is 13.4 Å². The van der Waals surface area contributed by atoms with Crippen LogP contribution in [0.25, 0.3) is 0 Å². The highest BCUT2D eigenvalue weighted by Crippen LogP contribution is 2.42. The van der Waals surface area contributed by atoms with Gasteiger partial charge in [0.1, 0.15) is 5.82 Å². The maximum absolute atomic E-state index is 12.3. The summed E-state index contributed by atoms with van der Waals surface area (Å²) in [5.41, 5.74) is 0.959. The molecular formula is C16H17ClN2O3S. The zero-order valence-corrected chi connectivity index (χ0v) is 14.1. The lowest BCUT2D eigenvalue weighted by molar-refractivity contribution is 0.0843. The highest BCUT2D eigenvalue weighted by molar-refractivity contribution is 7.92. The Morgan fingerprint density at radius 3 is 2.65 bits per heavy atom. The molecule has 0 aliphatic heterocycles. The number of benzene rings is 1. The van der Waals surface area contributed by atoms with Crippen LogP contribution in [0.1, 0.15) is 24.5 Å². The summed E-state index contributed by atoms with van der Waals surface area (Å²) in [5, 5.41) is 0.364. The summed E-state index contributed by atoms with van der Waals surface area (Å²) in [4.78, 5) is 4.29. The average molecular weight is 353 g/mol. The highest BCUT2D eigenvalue weighted by Gasteiger charge is 2.32. The molecule has 7 heteroatoms. The molecule has 1 N–H and O–H groups in total. The minimum atomic E-state index is -3.71. The lowest BCUT2D eigenvalue weighted by Crippen LogP contribution is -2.14. The van der Waals surface area contributed by atoms with E-state index >= 15 is 0 Å². The van der Waals surface area contributed by atoms with E-state index < -0.39 is 10.0 Å². The smallest absolute Gasteiger partial charge is 0.263 e. The molecule has 3 rings (SSSR count). The fourth-order valence-corrected chi connectivity index (χ4v) is 3.77. The number of ether oxygens (including phenoxy) is 1. The van der Waals surface area contributed by atoms with Gasteiger partial charge < -0.3 is 4.74 Å². The van der Waals surface area contributed by atoms with Crippen LogP contribution in [0, 0.1) is 5.92 Å². The third kappa shape index (κ3) is 3.83. The van der Waals surface area contributed by atoms with Crippen molar-refractivity contribution in [3.05, 3.63) is 53.2 Å². The van der Waals surface area contributed by atoms with Gasteiger partial charge in [0.05, 0.1) is 11.0 Å². The second kappa shape index (κ2) is 6.47. The third-order valence-electron chi connectivity index (χ3n) is 3.76. The summed E-state index contributed by atoms with van der Waals surface area (Å²) < 4.78 is 32.6. The summed E-state index contributed by atoms with van der Waals surface area (Å²) in [6, 6.07) is 9.58. The van der Waals surface area contributed by atoms with Crippen molar-refractivity contribution < 1.29 is 13.2 Å². The number of nitrogens with one attached hydrogen (secondary N) is 1. The van der Waals surface area contributed by atoms with Crippen LogP contribution in [0.3, 0.4) is 0 Å². The number of hydrogen-bond donors (Lipinski definition) is 1. The minimum Gasteiger partial charge on any atom is -0.376 e. The number of aromatic nitrogens is 1. The lowest BCUT2D eigenvalue weighted by atomic mass is 10.1. The van der Waals surface area contributed by atoms with Gasteiger partial charge in [0.25, 0.3) is 10.0 Å². The van der Waals surface area contributed by atoms with Gasteiger partial charge in [0.15, 0.2) is 0 Å². The van der Waals surface area contributed by atoms with E-state index in [1.165, 1.54) is 12.1 Å². The summed E-state index contributed by atoms with van der Waals surface area (Å²) in [7, 11) is -2.03. The van der Waals surface area contributed by atoms with Crippen molar-refractivity contribution in [1.82, 2.24) is 4.98 Å². The van der Waals surface area contributed by atoms with E-state index in [0.29, 0.717) is 10.9 Å². The second-order valence-corrected chi connectivity index (χ2v) is 7.65. The van der Waals surface area contributed by atoms with Crippen molar-refractivity contribution >= 4 is 27.4 Å². The van der Waals surface area contributed by atoms with Crippen LogP contribution in [-0.4, -0.2) is 20.5 Å². The topological polar surface area (TPSA) is 68.3 Å². The van der Waals surface area contributed by atoms with Crippen LogP contribution in [0.4, 0.5) is 5.82 Å². The maximum Gasteiger partial charge on any atom is 0.263 e. The standard InChI is InChI=1S/C16H17ClN2O3S/c1-22-16(11-5-6-11)12-7-8-15(18-10-12)19-23(20,21)14-4-2-3-13(17)9-14/h2-4,7-11,16H,5-6H2,1H3,(H,18,19). The molecule has 1 aliphatic carbocycles. The first-order valence-corrected chi connectivity index (χ1v) is 9.13. The van der Waals surface area contributed by atoms with E-state index in [-0.39, 0.29) is 16.8 Å². The van der Waals surface area contributed by atoms with Gasteiger partial charge in [-0.3, -0.25) is 4.72 Å². The van der Waals surface area contributed by atoms with Crippen molar-refractivity contribution in [3.63, 3.8) is 0 Å². The molecule has 23 heavy (non-hydrogen) atoms. The van der Waals surface area contributed by atoms with E-state index in [1.807, 2.05) is 6.07 Å². The largest absolute Gasteiger partial charge is 0.376 e. The van der Waals surface area contributed by atoms with E-state index in [9.17, 15) is 8.42 Å². The first kappa shape index (κ1) is 16.2. The maximum atomic E-state index is 12.3. The molecule has 1 fully saturated rings. The van der Waals surface area contributed by atoms with Crippen molar-refractivity contribution in [2.24, 2.45) is 5.92 Å². The first-order valence-electron chi connectivity index (χ1n) is 7.27. The van der Waals surface area contributed by atoms with E-state index in [1.54, 1.807) is 31.5 Å². The van der Waals surface area contributed by atoms with Gasteiger partial charge in [-0.15, -0.1) is 0 Å². The average Bonchev–Trinajstić information content (AvgIpc) is 3.34. The molecular weight excluding hydrogens is 336 g/mol. The first-order chi connectivity index (χ1) is 11.0. The summed E-state index contributed by atoms with van der Waals surface area (Å²) in [6.07, 6.45) is 3.99. The normalized spacial score (nSPS) is 16.1. The van der Waals surface area contributed by atoms with Crippen molar-refractivity contribution in [2.45, 2.75) is 23.8 Å². The minimum absolute atomic E-state index is 0.0288. The monoisotopic (exact) mass is 352 g/mol. The Morgan fingerprint density at radius 2 is 2.09 bits per heavy atom. The predicted octanol–water partition coefficient (Wildman–Crippen LogP) is 3.63. The van der Waals surface area contributed by atoms with Crippen LogP contribution in [0.5, 0.6) is 0 Å².